The Morgan fingerprint density at radius 1 is 1.85 bits per heavy atom. The van der Waals surface area contributed by atoms with E-state index in [2.05, 4.69) is 24.7 Å². The van der Waals surface area contributed by atoms with E-state index in [0.717, 1.165) is 6.39 Å². The van der Waals surface area contributed by atoms with Gasteiger partial charge in [0.15, 0.2) is 0 Å². The summed E-state index contributed by atoms with van der Waals surface area (Å²) in [5.74, 6) is -0.495. The van der Waals surface area contributed by atoms with E-state index in [9.17, 15) is 4.79 Å². The van der Waals surface area contributed by atoms with Crippen molar-refractivity contribution < 1.29 is 14.2 Å². The molecule has 2 N–H and O–H groups in total. The summed E-state index contributed by atoms with van der Waals surface area (Å²) in [4.78, 5) is 18.6. The van der Waals surface area contributed by atoms with E-state index in [1.165, 1.54) is 0 Å². The van der Waals surface area contributed by atoms with Crippen molar-refractivity contribution in [1.82, 2.24) is 10.1 Å². The second kappa shape index (κ2) is 4.19. The van der Waals surface area contributed by atoms with Crippen molar-refractivity contribution in [1.29, 1.82) is 0 Å². The molecule has 1 heterocycles. The average Bonchev–Trinajstić information content (AvgIpc) is 2.66. The van der Waals surface area contributed by atoms with Crippen LogP contribution in [0.3, 0.4) is 0 Å². The Bertz CT molecular complexity index is 306. The quantitative estimate of drug-likeness (QED) is 0.298. The predicted octanol–water partition coefficient (Wildman–Crippen LogP) is -0.357. The molecule has 0 fully saturated rings. The molecule has 0 atom stereocenters. The van der Waals surface area contributed by atoms with Crippen LogP contribution in [-0.4, -0.2) is 21.9 Å². The fourth-order valence-corrected chi connectivity index (χ4v) is 0.489. The largest absolute Gasteiger partial charge is 0.378 e. The Balaban J connectivity index is 2.57. The number of oxime groups is 1. The molecule has 1 aromatic rings. The predicted molar refractivity (Wildman–Crippen MR) is 41.4 cm³/mol. The molecule has 0 radical (unpaired) electrons. The Morgan fingerprint density at radius 2 is 2.62 bits per heavy atom. The molecule has 0 spiro atoms. The summed E-state index contributed by atoms with van der Waals surface area (Å²) in [5.41, 5.74) is 5.33. The van der Waals surface area contributed by atoms with E-state index >= 15 is 0 Å². The van der Waals surface area contributed by atoms with Gasteiger partial charge in [0.2, 0.25) is 18.1 Å². The van der Waals surface area contributed by atoms with Gasteiger partial charge in [-0.25, -0.2) is 4.79 Å². The van der Waals surface area contributed by atoms with E-state index < -0.39 is 5.97 Å². The molecule has 0 unspecified atom stereocenters. The van der Waals surface area contributed by atoms with Crippen LogP contribution in [0.15, 0.2) is 16.1 Å². The lowest BCUT2D eigenvalue weighted by atomic mass is 10.5. The van der Waals surface area contributed by atoms with Crippen LogP contribution in [0.4, 0.5) is 0 Å². The first-order valence-electron chi connectivity index (χ1n) is 3.54. The first-order valence-corrected chi connectivity index (χ1v) is 3.54. The Morgan fingerprint density at radius 3 is 3.15 bits per heavy atom. The highest BCUT2D eigenvalue weighted by molar-refractivity contribution is 5.93. The van der Waals surface area contributed by atoms with Gasteiger partial charge in [-0.05, 0) is 0 Å². The van der Waals surface area contributed by atoms with Crippen molar-refractivity contribution in [3.05, 3.63) is 12.2 Å². The normalized spacial score (nSPS) is 11.3. The first kappa shape index (κ1) is 9.17. The van der Waals surface area contributed by atoms with E-state index in [4.69, 9.17) is 5.73 Å². The lowest BCUT2D eigenvalue weighted by Crippen LogP contribution is -2.16. The Kier molecular flexibility index (Phi) is 2.96. The van der Waals surface area contributed by atoms with Crippen LogP contribution in [0.1, 0.15) is 19.2 Å². The maximum absolute atomic E-state index is 10.6. The van der Waals surface area contributed by atoms with Gasteiger partial charge < -0.3 is 15.1 Å². The summed E-state index contributed by atoms with van der Waals surface area (Å²) < 4.78 is 4.41. The van der Waals surface area contributed by atoms with Crippen molar-refractivity contribution in [2.24, 2.45) is 10.9 Å². The van der Waals surface area contributed by atoms with Gasteiger partial charge in [0.25, 0.3) is 0 Å². The van der Waals surface area contributed by atoms with Gasteiger partial charge in [-0.2, -0.15) is 4.98 Å². The van der Waals surface area contributed by atoms with Crippen molar-refractivity contribution in [2.75, 3.05) is 0 Å². The highest BCUT2D eigenvalue weighted by Crippen LogP contribution is 1.90. The summed E-state index contributed by atoms with van der Waals surface area (Å²) in [6.45, 7) is 1.64. The molecule has 1 rings (SSSR count). The molecule has 0 aliphatic rings. The Hall–Kier alpha value is -1.92. The molecular weight excluding hydrogens is 176 g/mol. The third kappa shape index (κ3) is 2.55. The zero-order chi connectivity index (χ0) is 9.68. The van der Waals surface area contributed by atoms with Crippen molar-refractivity contribution in [3.63, 3.8) is 0 Å². The van der Waals surface area contributed by atoms with Crippen molar-refractivity contribution in [2.45, 2.75) is 13.3 Å². The first-order chi connectivity index (χ1) is 6.24. The maximum Gasteiger partial charge on any atom is 0.334 e. The number of hydrogen-bond acceptors (Lipinski definition) is 6. The van der Waals surface area contributed by atoms with Gasteiger partial charge in [-0.3, -0.25) is 0 Å². The molecule has 1 aromatic heterocycles. The lowest BCUT2D eigenvalue weighted by molar-refractivity contribution is -0.143. The maximum atomic E-state index is 10.6. The van der Waals surface area contributed by atoms with E-state index in [1.807, 2.05) is 0 Å². The van der Waals surface area contributed by atoms with Crippen LogP contribution >= 0.6 is 0 Å². The minimum atomic E-state index is -0.480. The highest BCUT2D eigenvalue weighted by atomic mass is 16.7. The smallest absolute Gasteiger partial charge is 0.334 e. The average molecular weight is 184 g/mol. The summed E-state index contributed by atoms with van der Waals surface area (Å²) in [7, 11) is 0. The molecule has 0 saturated carbocycles. The van der Waals surface area contributed by atoms with Gasteiger partial charge in [-0.15, -0.1) is 0 Å². The number of carbonyl (C=O) groups is 1. The number of nitrogens with zero attached hydrogens (tertiary/aromatic N) is 3. The summed E-state index contributed by atoms with van der Waals surface area (Å²) in [6.07, 6.45) is 1.32. The number of nitrogens with two attached hydrogens (primary N) is 1. The zero-order valence-electron chi connectivity index (χ0n) is 6.93. The molecule has 0 aliphatic heterocycles. The molecule has 13 heavy (non-hydrogen) atoms. The van der Waals surface area contributed by atoms with Crippen LogP contribution in [0, 0.1) is 0 Å². The monoisotopic (exact) mass is 184 g/mol. The number of aromatic nitrogens is 2. The van der Waals surface area contributed by atoms with Crippen LogP contribution in [0.25, 0.3) is 0 Å². The molecule has 0 aliphatic carbocycles. The van der Waals surface area contributed by atoms with Gasteiger partial charge in [0.05, 0.1) is 0 Å². The number of hydrogen-bond donors (Lipinski definition) is 1. The molecular formula is C6H8N4O3. The molecule has 0 amide bonds. The molecule has 70 valence electrons. The van der Waals surface area contributed by atoms with Gasteiger partial charge >= 0.3 is 5.97 Å². The highest BCUT2D eigenvalue weighted by Gasteiger charge is 2.05. The lowest BCUT2D eigenvalue weighted by Gasteiger charge is -1.93. The minimum Gasteiger partial charge on any atom is -0.378 e. The topological polar surface area (TPSA) is 104 Å². The van der Waals surface area contributed by atoms with Gasteiger partial charge in [-0.1, -0.05) is 17.2 Å². The van der Waals surface area contributed by atoms with Crippen LogP contribution in [-0.2, 0) is 9.63 Å². The van der Waals surface area contributed by atoms with E-state index in [1.54, 1.807) is 6.92 Å². The summed E-state index contributed by atoms with van der Waals surface area (Å²) >= 11 is 0. The molecule has 7 nitrogen and oxygen atoms in total. The Labute approximate surface area is 73.5 Å². The van der Waals surface area contributed by atoms with E-state index in [-0.39, 0.29) is 18.1 Å². The second-order valence-corrected chi connectivity index (χ2v) is 2.05. The number of amidine groups is 1. The molecule has 7 heteroatoms. The van der Waals surface area contributed by atoms with Crippen LogP contribution < -0.4 is 5.73 Å². The minimum absolute atomic E-state index is 0.0869. The third-order valence-corrected chi connectivity index (χ3v) is 1.12. The van der Waals surface area contributed by atoms with E-state index in [0.29, 0.717) is 0 Å². The van der Waals surface area contributed by atoms with Gasteiger partial charge in [0, 0.05) is 6.42 Å². The fourth-order valence-electron chi connectivity index (χ4n) is 0.489. The number of rotatable bonds is 3. The van der Waals surface area contributed by atoms with Crippen LogP contribution in [0.2, 0.25) is 0 Å². The zero-order valence-corrected chi connectivity index (χ0v) is 6.93. The summed E-state index contributed by atoms with van der Waals surface area (Å²) in [5, 5.41) is 6.68. The standard InChI is InChI=1S/C6H8N4O3/c1-2-4(11)13-9-5(7)6-8-3-12-10-6/h3H,2H2,1H3,(H2,7,9). The van der Waals surface area contributed by atoms with Crippen LogP contribution in [0.5, 0.6) is 0 Å². The fraction of sp³-hybridized carbons (Fsp3) is 0.333. The molecule has 0 bridgehead atoms. The third-order valence-electron chi connectivity index (χ3n) is 1.12. The van der Waals surface area contributed by atoms with Crippen molar-refractivity contribution >= 4 is 11.8 Å². The van der Waals surface area contributed by atoms with Gasteiger partial charge in [0.1, 0.15) is 0 Å². The summed E-state index contributed by atoms with van der Waals surface area (Å²) in [6, 6.07) is 0. The number of carbonyl (C=O) groups excluding carboxylic acids is 1. The molecule has 0 aromatic carbocycles. The second-order valence-electron chi connectivity index (χ2n) is 2.05. The SMILES string of the molecule is CCC(=O)O/N=C(\N)c1ncon1. The molecule has 0 saturated heterocycles. The van der Waals surface area contributed by atoms with Crippen molar-refractivity contribution in [3.8, 4) is 0 Å².